The summed E-state index contributed by atoms with van der Waals surface area (Å²) >= 11 is 6.28. The minimum atomic E-state index is -0.641. The number of rotatable bonds is 6. The molecule has 0 atom stereocenters. The van der Waals surface area contributed by atoms with Crippen LogP contribution in [0.15, 0.2) is 18.2 Å². The third kappa shape index (κ3) is 4.94. The molecular formula is C24H31ClN6O4. The number of carbonyl (C=O) groups excluding carboxylic acids is 2. The van der Waals surface area contributed by atoms with Gasteiger partial charge in [0.05, 0.1) is 36.8 Å². The van der Waals surface area contributed by atoms with E-state index in [1.165, 1.54) is 0 Å². The predicted molar refractivity (Wildman–Crippen MR) is 136 cm³/mol. The lowest BCUT2D eigenvalue weighted by Gasteiger charge is -2.30. The molecule has 1 aliphatic heterocycles. The summed E-state index contributed by atoms with van der Waals surface area (Å²) in [5, 5.41) is 3.70. The summed E-state index contributed by atoms with van der Waals surface area (Å²) in [6, 6.07) is 5.49. The van der Waals surface area contributed by atoms with E-state index in [0.29, 0.717) is 60.5 Å². The van der Waals surface area contributed by atoms with Gasteiger partial charge in [0.15, 0.2) is 11.6 Å². The first kappa shape index (κ1) is 26.4. The van der Waals surface area contributed by atoms with E-state index in [1.807, 2.05) is 37.3 Å². The van der Waals surface area contributed by atoms with Crippen LogP contribution in [0.3, 0.4) is 0 Å². The van der Waals surface area contributed by atoms with E-state index in [4.69, 9.17) is 35.8 Å². The third-order valence-electron chi connectivity index (χ3n) is 5.88. The van der Waals surface area contributed by atoms with Crippen LogP contribution < -0.4 is 15.0 Å². The number of carbonyl (C=O) groups is 2. The largest absolute Gasteiger partial charge is 0.491 e. The molecule has 2 fully saturated rings. The Balaban J connectivity index is 0.000000815. The molecule has 0 radical (unpaired) electrons. The fraction of sp³-hybridized carbons (Fsp3) is 0.458. The van der Waals surface area contributed by atoms with E-state index in [2.05, 4.69) is 15.2 Å². The molecular weight excluding hydrogens is 472 g/mol. The van der Waals surface area contributed by atoms with E-state index in [9.17, 15) is 4.79 Å². The summed E-state index contributed by atoms with van der Waals surface area (Å²) in [4.78, 5) is 36.5. The third-order valence-corrected chi connectivity index (χ3v) is 6.11. The predicted octanol–water partition coefficient (Wildman–Crippen LogP) is 3.43. The molecule has 1 aliphatic carbocycles. The number of hydrogen-bond acceptors (Lipinski definition) is 9. The van der Waals surface area contributed by atoms with Crippen LogP contribution in [0.5, 0.6) is 5.75 Å². The number of hydrogen-bond donors (Lipinski definition) is 1. The van der Waals surface area contributed by atoms with Crippen LogP contribution in [-0.4, -0.2) is 73.1 Å². The van der Waals surface area contributed by atoms with Gasteiger partial charge in [-0.1, -0.05) is 25.4 Å². The molecule has 1 N–H and O–H groups in total. The first-order valence-electron chi connectivity index (χ1n) is 11.5. The number of aldehydes is 1. The van der Waals surface area contributed by atoms with Gasteiger partial charge < -0.3 is 29.3 Å². The lowest BCUT2D eigenvalue weighted by atomic mass is 10.0. The highest BCUT2D eigenvalue weighted by molar-refractivity contribution is 6.31. The topological polar surface area (TPSA) is 111 Å². The van der Waals surface area contributed by atoms with Crippen molar-refractivity contribution in [1.29, 1.82) is 0 Å². The molecule has 2 aromatic heterocycles. The molecule has 3 heterocycles. The van der Waals surface area contributed by atoms with Gasteiger partial charge in [0.2, 0.25) is 11.9 Å². The van der Waals surface area contributed by atoms with E-state index in [1.54, 1.807) is 20.2 Å². The van der Waals surface area contributed by atoms with Gasteiger partial charge in [-0.15, -0.1) is 0 Å². The van der Waals surface area contributed by atoms with E-state index in [0.717, 1.165) is 30.2 Å². The fourth-order valence-electron chi connectivity index (χ4n) is 4.01. The van der Waals surface area contributed by atoms with Crippen LogP contribution in [-0.2, 0) is 19.7 Å². The van der Waals surface area contributed by atoms with Gasteiger partial charge in [-0.25, -0.2) is 14.5 Å². The molecule has 10 nitrogen and oxygen atoms in total. The van der Waals surface area contributed by atoms with Crippen molar-refractivity contribution in [2.75, 3.05) is 50.7 Å². The Morgan fingerprint density at radius 1 is 1.17 bits per heavy atom. The maximum absolute atomic E-state index is 12.0. The Bertz CT molecular complexity index is 1170. The van der Waals surface area contributed by atoms with E-state index >= 15 is 0 Å². The smallest absolute Gasteiger partial charge is 0.239 e. The van der Waals surface area contributed by atoms with Crippen molar-refractivity contribution in [3.63, 3.8) is 0 Å². The highest BCUT2D eigenvalue weighted by Gasteiger charge is 2.49. The van der Waals surface area contributed by atoms with Crippen LogP contribution >= 0.6 is 11.6 Å². The highest BCUT2D eigenvalue weighted by Crippen LogP contribution is 2.51. The van der Waals surface area contributed by atoms with Crippen molar-refractivity contribution in [3.05, 3.63) is 28.9 Å². The number of nitrogens with one attached hydrogen (secondary N) is 1. The molecule has 1 aromatic carbocycles. The minimum absolute atomic E-state index is 0.416. The number of nitrogens with zero attached hydrogens (tertiary/aromatic N) is 5. The number of morpholine rings is 1. The Morgan fingerprint density at radius 2 is 1.86 bits per heavy atom. The van der Waals surface area contributed by atoms with Gasteiger partial charge in [-0.2, -0.15) is 4.98 Å². The molecule has 11 heteroatoms. The maximum Gasteiger partial charge on any atom is 0.239 e. The van der Waals surface area contributed by atoms with Crippen LogP contribution in [0.4, 0.5) is 11.8 Å². The molecule has 1 saturated carbocycles. The number of benzene rings is 1. The number of aromatic nitrogens is 4. The number of fused-ring (bicyclic) bond motifs is 1. The van der Waals surface area contributed by atoms with Crippen LogP contribution in [0, 0.1) is 0 Å². The summed E-state index contributed by atoms with van der Waals surface area (Å²) in [5.74, 6) is 2.20. The second-order valence-electron chi connectivity index (χ2n) is 7.76. The van der Waals surface area contributed by atoms with Crippen LogP contribution in [0.1, 0.15) is 32.4 Å². The zero-order valence-corrected chi connectivity index (χ0v) is 21.3. The standard InChI is InChI=1S/C21H23ClN6O3.C2H6.CH2O/c1-23-19-24-14-4-3-13(22)11-15(14)28(19)20-25-17(21(12-29)5-6-21)16(30-2)18(26-20)27-7-9-31-10-8-27;2*1-2/h3-4,11-12H,5-10H2,1-2H3,(H,23,24);1-2H3;1H2. The first-order valence-corrected chi connectivity index (χ1v) is 11.9. The van der Waals surface area contributed by atoms with Crippen LogP contribution in [0.2, 0.25) is 5.02 Å². The lowest BCUT2D eigenvalue weighted by molar-refractivity contribution is -0.110. The van der Waals surface area contributed by atoms with Crippen molar-refractivity contribution in [2.45, 2.75) is 32.1 Å². The molecule has 188 valence electrons. The van der Waals surface area contributed by atoms with Gasteiger partial charge in [0, 0.05) is 25.2 Å². The average Bonchev–Trinajstić information content (AvgIpc) is 3.64. The average molecular weight is 503 g/mol. The monoisotopic (exact) mass is 502 g/mol. The van der Waals surface area contributed by atoms with Crippen molar-refractivity contribution in [3.8, 4) is 11.7 Å². The number of imidazole rings is 1. The Hall–Kier alpha value is -3.24. The molecule has 0 unspecified atom stereocenters. The second-order valence-corrected chi connectivity index (χ2v) is 8.19. The number of methoxy groups -OCH3 is 1. The molecule has 3 aromatic rings. The van der Waals surface area contributed by atoms with Crippen molar-refractivity contribution in [2.24, 2.45) is 0 Å². The Kier molecular flexibility index (Phi) is 8.63. The zero-order valence-electron chi connectivity index (χ0n) is 20.5. The zero-order chi connectivity index (χ0) is 25.6. The fourth-order valence-corrected chi connectivity index (χ4v) is 4.17. The van der Waals surface area contributed by atoms with Gasteiger partial charge in [0.1, 0.15) is 18.8 Å². The molecule has 0 spiro atoms. The SMILES string of the molecule is C=O.CC.CNc1nc2ccc(Cl)cc2n1-c1nc(N2CCOCC2)c(OC)c(C2(C=O)CC2)n1. The quantitative estimate of drug-likeness (QED) is 0.506. The highest BCUT2D eigenvalue weighted by atomic mass is 35.5. The van der Waals surface area contributed by atoms with E-state index in [-0.39, 0.29) is 0 Å². The normalized spacial score (nSPS) is 15.9. The van der Waals surface area contributed by atoms with Crippen molar-refractivity contribution >= 4 is 47.5 Å². The van der Waals surface area contributed by atoms with Gasteiger partial charge >= 0.3 is 0 Å². The Morgan fingerprint density at radius 3 is 2.43 bits per heavy atom. The summed E-state index contributed by atoms with van der Waals surface area (Å²) in [5.41, 5.74) is 1.51. The number of ether oxygens (including phenoxy) is 2. The molecule has 35 heavy (non-hydrogen) atoms. The first-order chi connectivity index (χ1) is 17.1. The molecule has 2 aliphatic rings. The summed E-state index contributed by atoms with van der Waals surface area (Å²) in [6.45, 7) is 8.55. The molecule has 0 bridgehead atoms. The molecule has 5 rings (SSSR count). The molecule has 1 saturated heterocycles. The van der Waals surface area contributed by atoms with Crippen molar-refractivity contribution < 1.29 is 19.1 Å². The van der Waals surface area contributed by atoms with Crippen molar-refractivity contribution in [1.82, 2.24) is 19.5 Å². The van der Waals surface area contributed by atoms with Gasteiger partial charge in [-0.3, -0.25) is 0 Å². The van der Waals surface area contributed by atoms with Gasteiger partial charge in [-0.05, 0) is 31.0 Å². The maximum atomic E-state index is 12.0. The number of anilines is 2. The molecule has 0 amide bonds. The van der Waals surface area contributed by atoms with Gasteiger partial charge in [0.25, 0.3) is 0 Å². The van der Waals surface area contributed by atoms with E-state index < -0.39 is 5.41 Å². The second kappa shape index (κ2) is 11.5. The summed E-state index contributed by atoms with van der Waals surface area (Å²) in [6.07, 6.45) is 2.45. The Labute approximate surface area is 209 Å². The van der Waals surface area contributed by atoms with Crippen LogP contribution in [0.25, 0.3) is 17.0 Å². The minimum Gasteiger partial charge on any atom is -0.491 e. The lowest BCUT2D eigenvalue weighted by Crippen LogP contribution is -2.37. The summed E-state index contributed by atoms with van der Waals surface area (Å²) < 4.78 is 13.1. The summed E-state index contributed by atoms with van der Waals surface area (Å²) in [7, 11) is 3.39. The number of halogens is 1.